The third-order valence-electron chi connectivity index (χ3n) is 4.01. The molecule has 132 valence electrons. The van der Waals surface area contributed by atoms with Gasteiger partial charge in [0.2, 0.25) is 11.1 Å². The molecule has 1 N–H and O–H groups in total. The van der Waals surface area contributed by atoms with Gasteiger partial charge in [-0.25, -0.2) is 0 Å². The van der Waals surface area contributed by atoms with Crippen molar-refractivity contribution in [3.8, 4) is 11.8 Å². The van der Waals surface area contributed by atoms with Crippen LogP contribution in [0.4, 0.5) is 0 Å². The number of thioether (sulfide) groups is 1. The summed E-state index contributed by atoms with van der Waals surface area (Å²) in [5.74, 6) is -0.0837. The number of nitrogens with one attached hydrogen (secondary N) is 1. The number of aromatic nitrogens is 4. The molecular formula is C17H22N6OS. The molecular weight excluding hydrogens is 336 g/mol. The van der Waals surface area contributed by atoms with Gasteiger partial charge in [-0.1, -0.05) is 31.7 Å². The zero-order valence-corrected chi connectivity index (χ0v) is 15.9. The van der Waals surface area contributed by atoms with Crippen LogP contribution in [0.2, 0.25) is 0 Å². The topological polar surface area (TPSA) is 96.5 Å². The number of rotatable bonds is 6. The van der Waals surface area contributed by atoms with E-state index in [2.05, 4.69) is 33.0 Å². The van der Waals surface area contributed by atoms with E-state index in [1.165, 1.54) is 11.8 Å². The molecule has 0 fully saturated rings. The predicted molar refractivity (Wildman–Crippen MR) is 96.4 cm³/mol. The smallest absolute Gasteiger partial charge is 0.231 e. The molecule has 7 nitrogen and oxygen atoms in total. The van der Waals surface area contributed by atoms with Crippen molar-refractivity contribution in [3.63, 3.8) is 0 Å². The van der Waals surface area contributed by atoms with Crippen molar-refractivity contribution < 1.29 is 4.79 Å². The number of hydrogen-bond acceptors (Lipinski definition) is 6. The maximum absolute atomic E-state index is 12.2. The molecule has 0 aliphatic rings. The molecule has 0 spiro atoms. The van der Waals surface area contributed by atoms with Gasteiger partial charge in [0.05, 0.1) is 17.5 Å². The van der Waals surface area contributed by atoms with E-state index in [-0.39, 0.29) is 17.6 Å². The Hall–Kier alpha value is -2.40. The fourth-order valence-corrected chi connectivity index (χ4v) is 2.95. The van der Waals surface area contributed by atoms with E-state index in [4.69, 9.17) is 0 Å². The summed E-state index contributed by atoms with van der Waals surface area (Å²) < 4.78 is 1.61. The molecule has 1 aromatic heterocycles. The van der Waals surface area contributed by atoms with E-state index in [0.717, 1.165) is 16.8 Å². The lowest BCUT2D eigenvalue weighted by atomic mass is 9.90. The maximum Gasteiger partial charge on any atom is 0.231 e. The molecule has 0 aliphatic heterocycles. The van der Waals surface area contributed by atoms with Gasteiger partial charge in [-0.05, 0) is 60.4 Å². The van der Waals surface area contributed by atoms with E-state index in [1.54, 1.807) is 11.6 Å². The van der Waals surface area contributed by atoms with E-state index >= 15 is 0 Å². The molecule has 1 amide bonds. The summed E-state index contributed by atoms with van der Waals surface area (Å²) in [7, 11) is 0. The summed E-state index contributed by atoms with van der Waals surface area (Å²) in [6, 6.07) is 8.21. The van der Waals surface area contributed by atoms with Gasteiger partial charge in [0.1, 0.15) is 5.54 Å². The number of nitriles is 1. The third kappa shape index (κ3) is 4.57. The van der Waals surface area contributed by atoms with Crippen LogP contribution in [-0.4, -0.2) is 37.4 Å². The molecule has 0 saturated carbocycles. The van der Waals surface area contributed by atoms with E-state index in [1.807, 2.05) is 39.8 Å². The Kier molecular flexibility index (Phi) is 5.80. The van der Waals surface area contributed by atoms with Crippen LogP contribution in [0.1, 0.15) is 31.9 Å². The first-order chi connectivity index (χ1) is 11.7. The average Bonchev–Trinajstić information content (AvgIpc) is 3.00. The van der Waals surface area contributed by atoms with E-state index < -0.39 is 5.54 Å². The summed E-state index contributed by atoms with van der Waals surface area (Å²) in [4.78, 5) is 12.2. The Morgan fingerprint density at radius 2 is 2.00 bits per heavy atom. The molecule has 25 heavy (non-hydrogen) atoms. The highest BCUT2D eigenvalue weighted by molar-refractivity contribution is 7.99. The van der Waals surface area contributed by atoms with Crippen LogP contribution in [0.3, 0.4) is 0 Å². The monoisotopic (exact) mass is 358 g/mol. The van der Waals surface area contributed by atoms with Gasteiger partial charge in [-0.15, -0.1) is 5.10 Å². The fraction of sp³-hybridized carbons (Fsp3) is 0.471. The number of hydrogen-bond donors (Lipinski definition) is 1. The van der Waals surface area contributed by atoms with Crippen molar-refractivity contribution in [3.05, 3.63) is 29.3 Å². The third-order valence-corrected chi connectivity index (χ3v) is 4.93. The van der Waals surface area contributed by atoms with Gasteiger partial charge < -0.3 is 5.32 Å². The lowest BCUT2D eigenvalue weighted by Crippen LogP contribution is -2.49. The Balaban J connectivity index is 2.09. The van der Waals surface area contributed by atoms with Crippen molar-refractivity contribution in [1.82, 2.24) is 25.5 Å². The second kappa shape index (κ2) is 7.66. The van der Waals surface area contributed by atoms with Gasteiger partial charge in [-0.3, -0.25) is 4.79 Å². The highest BCUT2D eigenvalue weighted by atomic mass is 32.2. The minimum atomic E-state index is -0.892. The molecule has 0 radical (unpaired) electrons. The molecule has 0 unspecified atom stereocenters. The van der Waals surface area contributed by atoms with E-state index in [0.29, 0.717) is 5.16 Å². The highest BCUT2D eigenvalue weighted by Gasteiger charge is 2.30. The number of benzene rings is 1. The molecule has 1 heterocycles. The number of carbonyl (C=O) groups excluding carboxylic acids is 1. The molecule has 8 heteroatoms. The summed E-state index contributed by atoms with van der Waals surface area (Å²) in [5.41, 5.74) is 2.19. The number of nitrogens with zero attached hydrogens (tertiary/aromatic N) is 5. The van der Waals surface area contributed by atoms with Crippen LogP contribution in [-0.2, 0) is 4.79 Å². The Labute approximate surface area is 151 Å². The summed E-state index contributed by atoms with van der Waals surface area (Å²) in [6.07, 6.45) is 0. The van der Waals surface area contributed by atoms with Crippen molar-refractivity contribution in [2.45, 2.75) is 45.3 Å². The van der Waals surface area contributed by atoms with Crippen LogP contribution in [0.15, 0.2) is 23.4 Å². The molecule has 2 aromatic rings. The van der Waals surface area contributed by atoms with Crippen molar-refractivity contribution >= 4 is 17.7 Å². The average molecular weight is 358 g/mol. The SMILES string of the molecule is Cc1cc(C)cc(-n2nnnc2SCC(=O)N[C@](C)(C#N)C(C)C)c1. The maximum atomic E-state index is 12.2. The van der Waals surface area contributed by atoms with E-state index in [9.17, 15) is 10.1 Å². The first kappa shape index (κ1) is 18.9. The van der Waals surface area contributed by atoms with Crippen LogP contribution >= 0.6 is 11.8 Å². The molecule has 0 aliphatic carbocycles. The van der Waals surface area contributed by atoms with Gasteiger partial charge in [-0.2, -0.15) is 9.94 Å². The number of amides is 1. The van der Waals surface area contributed by atoms with Crippen molar-refractivity contribution in [1.29, 1.82) is 5.26 Å². The highest BCUT2D eigenvalue weighted by Crippen LogP contribution is 2.21. The Morgan fingerprint density at radius 1 is 1.36 bits per heavy atom. The largest absolute Gasteiger partial charge is 0.337 e. The molecule has 0 saturated heterocycles. The summed E-state index contributed by atoms with van der Waals surface area (Å²) >= 11 is 1.24. The second-order valence-corrected chi connectivity index (χ2v) is 7.47. The lowest BCUT2D eigenvalue weighted by Gasteiger charge is -2.27. The van der Waals surface area contributed by atoms with Crippen molar-refractivity contribution in [2.24, 2.45) is 5.92 Å². The molecule has 2 rings (SSSR count). The first-order valence-corrected chi connectivity index (χ1v) is 8.96. The normalized spacial score (nSPS) is 13.3. The molecule has 0 bridgehead atoms. The first-order valence-electron chi connectivity index (χ1n) is 7.97. The summed E-state index contributed by atoms with van der Waals surface area (Å²) in [6.45, 7) is 9.54. The zero-order chi connectivity index (χ0) is 18.6. The standard InChI is InChI=1S/C17H22N6OS/c1-11(2)17(5,10-18)19-15(24)9-25-16-20-21-22-23(16)14-7-12(3)6-13(4)8-14/h6-8,11H,9H2,1-5H3,(H,19,24)/t17-/m1/s1. The molecule has 1 atom stereocenters. The predicted octanol–water partition coefficient (Wildman–Crippen LogP) is 2.43. The lowest BCUT2D eigenvalue weighted by molar-refractivity contribution is -0.120. The number of carbonyl (C=O) groups is 1. The van der Waals surface area contributed by atoms with Gasteiger partial charge >= 0.3 is 0 Å². The van der Waals surface area contributed by atoms with Gasteiger partial charge in [0.25, 0.3) is 0 Å². The summed E-state index contributed by atoms with van der Waals surface area (Å²) in [5, 5.41) is 24.3. The van der Waals surface area contributed by atoms with Crippen LogP contribution < -0.4 is 5.32 Å². The minimum absolute atomic E-state index is 0.00652. The zero-order valence-electron chi connectivity index (χ0n) is 15.1. The molecule has 1 aromatic carbocycles. The van der Waals surface area contributed by atoms with Crippen molar-refractivity contribution in [2.75, 3.05) is 5.75 Å². The van der Waals surface area contributed by atoms with Gasteiger partial charge in [0, 0.05) is 0 Å². The second-order valence-electron chi connectivity index (χ2n) is 6.52. The van der Waals surface area contributed by atoms with Crippen LogP contribution in [0.25, 0.3) is 5.69 Å². The number of tetrazole rings is 1. The number of aryl methyl sites for hydroxylation is 2. The Bertz CT molecular complexity index is 789. The quantitative estimate of drug-likeness (QED) is 0.797. The fourth-order valence-electron chi connectivity index (χ4n) is 2.26. The van der Waals surface area contributed by atoms with Gasteiger partial charge in [0.15, 0.2) is 0 Å². The minimum Gasteiger partial charge on any atom is -0.337 e. The Morgan fingerprint density at radius 3 is 2.56 bits per heavy atom. The van der Waals surface area contributed by atoms with Crippen LogP contribution in [0.5, 0.6) is 0 Å². The van der Waals surface area contributed by atoms with Crippen LogP contribution in [0, 0.1) is 31.1 Å².